The fourth-order valence-electron chi connectivity index (χ4n) is 0.891. The van der Waals surface area contributed by atoms with Crippen molar-refractivity contribution in [2.75, 3.05) is 13.7 Å². The van der Waals surface area contributed by atoms with Gasteiger partial charge < -0.3 is 9.16 Å². The molecule has 0 aromatic carbocycles. The molecule has 5 heteroatoms. The molecule has 0 aromatic rings. The van der Waals surface area contributed by atoms with Crippen LogP contribution in [-0.2, 0) is 14.0 Å². The quantitative estimate of drug-likeness (QED) is 0.328. The van der Waals surface area contributed by atoms with E-state index in [-0.39, 0.29) is 5.97 Å². The molecule has 0 aromatic heterocycles. The molecule has 0 spiro atoms. The Hall–Kier alpha value is -0.396. The molecule has 0 saturated carbocycles. The molecule has 0 unspecified atom stereocenters. The van der Waals surface area contributed by atoms with Crippen molar-refractivity contribution in [2.24, 2.45) is 0 Å². The fraction of sp³-hybridized carbons (Fsp3) is 0.727. The maximum Gasteiger partial charge on any atom is 0.333 e. The standard InChI is InChI=1S/C10H20O2Si.CH6OSi/c1-9(2)10(11)12-7-6-8-13(3,4)5;1-2-3/h1,6-8H2,2-5H3;1,3H3. The lowest BCUT2D eigenvalue weighted by Gasteiger charge is -2.14. The smallest absolute Gasteiger partial charge is 0.333 e. The van der Waals surface area contributed by atoms with E-state index in [0.717, 1.165) is 16.9 Å². The lowest BCUT2D eigenvalue weighted by Crippen LogP contribution is -2.20. The summed E-state index contributed by atoms with van der Waals surface area (Å²) in [4.78, 5) is 11.0. The van der Waals surface area contributed by atoms with Gasteiger partial charge in [-0.25, -0.2) is 4.79 Å². The van der Waals surface area contributed by atoms with Gasteiger partial charge in [-0.05, 0) is 13.3 Å². The van der Waals surface area contributed by atoms with Gasteiger partial charge in [0.05, 0.1) is 6.61 Å². The molecule has 0 bridgehead atoms. The highest BCUT2D eigenvalue weighted by Crippen LogP contribution is 2.10. The summed E-state index contributed by atoms with van der Waals surface area (Å²) in [5, 5.41) is 0. The predicted molar refractivity (Wildman–Crippen MR) is 75.5 cm³/mol. The lowest BCUT2D eigenvalue weighted by molar-refractivity contribution is -0.138. The zero-order chi connectivity index (χ0) is 13.2. The van der Waals surface area contributed by atoms with Crippen molar-refractivity contribution in [3.05, 3.63) is 12.2 Å². The largest absolute Gasteiger partial charge is 0.462 e. The molecule has 0 aliphatic carbocycles. The van der Waals surface area contributed by atoms with Crippen molar-refractivity contribution >= 4 is 24.5 Å². The van der Waals surface area contributed by atoms with Crippen LogP contribution in [0.1, 0.15) is 13.3 Å². The zero-order valence-corrected chi connectivity index (χ0v) is 14.6. The maximum atomic E-state index is 11.0. The van der Waals surface area contributed by atoms with Crippen molar-refractivity contribution in [1.82, 2.24) is 0 Å². The Labute approximate surface area is 104 Å². The van der Waals surface area contributed by atoms with Gasteiger partial charge in [0.1, 0.15) is 10.5 Å². The summed E-state index contributed by atoms with van der Waals surface area (Å²) >= 11 is 0. The molecule has 96 valence electrons. The van der Waals surface area contributed by atoms with Crippen LogP contribution < -0.4 is 0 Å². The molecule has 0 N–H and O–H groups in total. The van der Waals surface area contributed by atoms with Gasteiger partial charge in [-0.15, -0.1) is 0 Å². The molecule has 16 heavy (non-hydrogen) atoms. The number of carbonyl (C=O) groups is 1. The van der Waals surface area contributed by atoms with Crippen molar-refractivity contribution < 1.29 is 14.0 Å². The molecule has 0 saturated heterocycles. The van der Waals surface area contributed by atoms with Gasteiger partial charge in [0.25, 0.3) is 0 Å². The van der Waals surface area contributed by atoms with Gasteiger partial charge in [-0.1, -0.05) is 32.3 Å². The molecular weight excluding hydrogens is 236 g/mol. The molecule has 0 fully saturated rings. The summed E-state index contributed by atoms with van der Waals surface area (Å²) in [6, 6.07) is 1.20. The topological polar surface area (TPSA) is 35.5 Å². The van der Waals surface area contributed by atoms with E-state index >= 15 is 0 Å². The van der Waals surface area contributed by atoms with Crippen LogP contribution in [0.15, 0.2) is 12.2 Å². The zero-order valence-electron chi connectivity index (χ0n) is 11.6. The number of ether oxygens (including phenoxy) is 1. The van der Waals surface area contributed by atoms with E-state index in [1.807, 2.05) is 0 Å². The van der Waals surface area contributed by atoms with E-state index in [9.17, 15) is 4.79 Å². The van der Waals surface area contributed by atoms with Gasteiger partial charge in [-0.3, -0.25) is 0 Å². The molecule has 0 atom stereocenters. The van der Waals surface area contributed by atoms with Crippen LogP contribution in [-0.4, -0.2) is 38.2 Å². The summed E-state index contributed by atoms with van der Waals surface area (Å²) < 4.78 is 9.37. The Bertz CT molecular complexity index is 210. The first-order chi connectivity index (χ1) is 7.24. The van der Waals surface area contributed by atoms with Crippen LogP contribution in [0, 0.1) is 0 Å². The highest BCUT2D eigenvalue weighted by molar-refractivity contribution is 6.76. The van der Waals surface area contributed by atoms with Crippen molar-refractivity contribution in [1.29, 1.82) is 0 Å². The summed E-state index contributed by atoms with van der Waals surface area (Å²) in [5.74, 6) is -0.268. The lowest BCUT2D eigenvalue weighted by atomic mass is 10.4. The van der Waals surface area contributed by atoms with E-state index < -0.39 is 8.07 Å². The average molecular weight is 262 g/mol. The summed E-state index contributed by atoms with van der Waals surface area (Å²) in [6.07, 6.45) is 0.981. The third-order valence-electron chi connectivity index (χ3n) is 1.65. The van der Waals surface area contributed by atoms with E-state index in [0.29, 0.717) is 12.2 Å². The minimum Gasteiger partial charge on any atom is -0.462 e. The highest BCUT2D eigenvalue weighted by Gasteiger charge is 2.12. The van der Waals surface area contributed by atoms with Crippen LogP contribution in [0.4, 0.5) is 0 Å². The Morgan fingerprint density at radius 3 is 2.12 bits per heavy atom. The first kappa shape index (κ1) is 18.0. The minimum absolute atomic E-state index is 0.268. The van der Waals surface area contributed by atoms with E-state index in [1.165, 1.54) is 6.04 Å². The minimum atomic E-state index is -0.970. The Morgan fingerprint density at radius 2 is 1.81 bits per heavy atom. The second-order valence-corrected chi connectivity index (χ2v) is 11.4. The van der Waals surface area contributed by atoms with Crippen LogP contribution in [0.25, 0.3) is 0 Å². The molecule has 0 radical (unpaired) electrons. The highest BCUT2D eigenvalue weighted by atomic mass is 28.3. The van der Waals surface area contributed by atoms with Gasteiger partial charge in [-0.2, -0.15) is 0 Å². The number of carbonyl (C=O) groups excluding carboxylic acids is 1. The summed E-state index contributed by atoms with van der Waals surface area (Å²) in [6.45, 7) is 12.7. The van der Waals surface area contributed by atoms with Gasteiger partial charge in [0, 0.05) is 20.8 Å². The van der Waals surface area contributed by atoms with Gasteiger partial charge in [0.2, 0.25) is 0 Å². The first-order valence-electron chi connectivity index (χ1n) is 5.47. The maximum absolute atomic E-state index is 11.0. The van der Waals surface area contributed by atoms with Crippen LogP contribution >= 0.6 is 0 Å². The SMILES string of the molecule is C=C(C)C(=O)OCCC[Si](C)(C)C.CO[SiH3]. The van der Waals surface area contributed by atoms with E-state index in [4.69, 9.17) is 4.74 Å². The van der Waals surface area contributed by atoms with Crippen LogP contribution in [0.2, 0.25) is 25.7 Å². The Morgan fingerprint density at radius 1 is 1.38 bits per heavy atom. The number of rotatable bonds is 5. The Balaban J connectivity index is 0. The van der Waals surface area contributed by atoms with Crippen molar-refractivity contribution in [3.8, 4) is 0 Å². The average Bonchev–Trinajstić information content (AvgIpc) is 2.11. The third kappa shape index (κ3) is 16.0. The second-order valence-electron chi connectivity index (χ2n) is 4.99. The van der Waals surface area contributed by atoms with Crippen molar-refractivity contribution in [3.63, 3.8) is 0 Å². The molecule has 0 aliphatic heterocycles. The van der Waals surface area contributed by atoms with E-state index in [1.54, 1.807) is 14.0 Å². The van der Waals surface area contributed by atoms with E-state index in [2.05, 4.69) is 30.6 Å². The van der Waals surface area contributed by atoms with Crippen molar-refractivity contribution in [2.45, 2.75) is 39.0 Å². The molecule has 0 heterocycles. The Kier molecular flexibility index (Phi) is 11.0. The fourth-order valence-corrected chi connectivity index (χ4v) is 2.10. The molecule has 0 aliphatic rings. The second kappa shape index (κ2) is 9.80. The van der Waals surface area contributed by atoms with Gasteiger partial charge >= 0.3 is 5.97 Å². The predicted octanol–water partition coefficient (Wildman–Crippen LogP) is 1.75. The first-order valence-corrected chi connectivity index (χ1v) is 9.99. The number of hydrogen-bond acceptors (Lipinski definition) is 3. The third-order valence-corrected chi connectivity index (χ3v) is 3.51. The number of esters is 1. The molecule has 0 rings (SSSR count). The van der Waals surface area contributed by atoms with Crippen LogP contribution in [0.5, 0.6) is 0 Å². The van der Waals surface area contributed by atoms with Gasteiger partial charge in [0.15, 0.2) is 0 Å². The molecular formula is C11H26O3Si2. The summed E-state index contributed by atoms with van der Waals surface area (Å²) in [5.41, 5.74) is 0.480. The number of hydrogen-bond donors (Lipinski definition) is 0. The normalized spacial score (nSPS) is 10.3. The molecule has 3 nitrogen and oxygen atoms in total. The summed E-state index contributed by atoms with van der Waals surface area (Å²) in [7, 11) is 1.59. The monoisotopic (exact) mass is 262 g/mol. The molecule has 0 amide bonds. The van der Waals surface area contributed by atoms with Crippen LogP contribution in [0.3, 0.4) is 0 Å².